The molecule has 0 saturated heterocycles. The van der Waals surface area contributed by atoms with Crippen LogP contribution in [0.3, 0.4) is 0 Å². The lowest BCUT2D eigenvalue weighted by molar-refractivity contribution is -0.137. The first-order valence-electron chi connectivity index (χ1n) is 6.54. The fraction of sp³-hybridized carbons (Fsp3) is 0.467. The molecule has 0 spiro atoms. The molecule has 1 rings (SSSR count). The lowest BCUT2D eigenvalue weighted by atomic mass is 10.0. The number of aliphatic carboxylic acids is 1. The van der Waals surface area contributed by atoms with Crippen LogP contribution in [0.1, 0.15) is 36.7 Å². The van der Waals surface area contributed by atoms with Gasteiger partial charge in [-0.3, -0.25) is 9.59 Å². The molecule has 19 heavy (non-hydrogen) atoms. The van der Waals surface area contributed by atoms with E-state index in [4.69, 9.17) is 5.11 Å². The third-order valence-electron chi connectivity index (χ3n) is 2.83. The molecule has 0 atom stereocenters. The Morgan fingerprint density at radius 3 is 2.42 bits per heavy atom. The molecule has 1 amide bonds. The molecular formula is C15H21NO3. The van der Waals surface area contributed by atoms with Crippen molar-refractivity contribution in [2.45, 2.75) is 27.2 Å². The van der Waals surface area contributed by atoms with Gasteiger partial charge in [-0.2, -0.15) is 0 Å². The number of carboxylic acid groups (broad SMARTS) is 1. The minimum atomic E-state index is -0.983. The van der Waals surface area contributed by atoms with Gasteiger partial charge in [-0.05, 0) is 24.0 Å². The molecular weight excluding hydrogens is 242 g/mol. The van der Waals surface area contributed by atoms with E-state index in [1.807, 2.05) is 32.9 Å². The van der Waals surface area contributed by atoms with Crippen LogP contribution in [-0.2, 0) is 11.2 Å². The summed E-state index contributed by atoms with van der Waals surface area (Å²) in [7, 11) is 0. The van der Waals surface area contributed by atoms with Gasteiger partial charge in [0.05, 0.1) is 0 Å². The van der Waals surface area contributed by atoms with Crippen molar-refractivity contribution in [3.8, 4) is 0 Å². The van der Waals surface area contributed by atoms with Gasteiger partial charge in [-0.1, -0.05) is 39.0 Å². The quantitative estimate of drug-likeness (QED) is 0.857. The van der Waals surface area contributed by atoms with E-state index in [2.05, 4.69) is 0 Å². The van der Waals surface area contributed by atoms with E-state index < -0.39 is 5.97 Å². The van der Waals surface area contributed by atoms with Crippen LogP contribution < -0.4 is 0 Å². The Kier molecular flexibility index (Phi) is 5.55. The first-order valence-corrected chi connectivity index (χ1v) is 6.54. The fourth-order valence-corrected chi connectivity index (χ4v) is 2.03. The molecule has 0 fully saturated rings. The van der Waals surface area contributed by atoms with Crippen LogP contribution >= 0.6 is 0 Å². The number of hydrogen-bond acceptors (Lipinski definition) is 2. The summed E-state index contributed by atoms with van der Waals surface area (Å²) in [5.74, 6) is -0.950. The summed E-state index contributed by atoms with van der Waals surface area (Å²) >= 11 is 0. The molecule has 4 nitrogen and oxygen atoms in total. The standard InChI is InChI=1S/C15H21NO3/c1-4-12-7-5-6-8-13(12)15(19)16(9-11(2)3)10-14(17)18/h5-8,11H,4,9-10H2,1-3H3,(H,17,18). The zero-order chi connectivity index (χ0) is 14.4. The lowest BCUT2D eigenvalue weighted by Crippen LogP contribution is -2.38. The van der Waals surface area contributed by atoms with Gasteiger partial charge in [0.1, 0.15) is 6.54 Å². The second-order valence-electron chi connectivity index (χ2n) is 4.98. The van der Waals surface area contributed by atoms with Gasteiger partial charge in [-0.15, -0.1) is 0 Å². The van der Waals surface area contributed by atoms with Crippen molar-refractivity contribution in [1.29, 1.82) is 0 Å². The number of nitrogens with zero attached hydrogens (tertiary/aromatic N) is 1. The number of amides is 1. The highest BCUT2D eigenvalue weighted by Gasteiger charge is 2.21. The predicted octanol–water partition coefficient (Wildman–Crippen LogP) is 2.43. The van der Waals surface area contributed by atoms with Crippen molar-refractivity contribution in [1.82, 2.24) is 4.90 Å². The number of aryl methyl sites for hydroxylation is 1. The summed E-state index contributed by atoms with van der Waals surface area (Å²) in [4.78, 5) is 24.7. The maximum absolute atomic E-state index is 12.5. The number of hydrogen-bond donors (Lipinski definition) is 1. The van der Waals surface area contributed by atoms with Gasteiger partial charge in [0, 0.05) is 12.1 Å². The van der Waals surface area contributed by atoms with Gasteiger partial charge in [0.2, 0.25) is 0 Å². The van der Waals surface area contributed by atoms with Gasteiger partial charge >= 0.3 is 5.97 Å². The third kappa shape index (κ3) is 4.39. The summed E-state index contributed by atoms with van der Waals surface area (Å²) in [5, 5.41) is 8.93. The zero-order valence-corrected chi connectivity index (χ0v) is 11.7. The van der Waals surface area contributed by atoms with Crippen molar-refractivity contribution >= 4 is 11.9 Å². The van der Waals surface area contributed by atoms with Crippen LogP contribution in [0.5, 0.6) is 0 Å². The molecule has 0 aliphatic rings. The number of carboxylic acids is 1. The van der Waals surface area contributed by atoms with Crippen molar-refractivity contribution in [2.75, 3.05) is 13.1 Å². The fourth-order valence-electron chi connectivity index (χ4n) is 2.03. The zero-order valence-electron chi connectivity index (χ0n) is 11.7. The van der Waals surface area contributed by atoms with Crippen LogP contribution in [0, 0.1) is 5.92 Å². The summed E-state index contributed by atoms with van der Waals surface area (Å²) in [6.07, 6.45) is 0.754. The molecule has 0 heterocycles. The van der Waals surface area contributed by atoms with Gasteiger partial charge in [0.25, 0.3) is 5.91 Å². The summed E-state index contributed by atoms with van der Waals surface area (Å²) in [5.41, 5.74) is 1.55. The van der Waals surface area contributed by atoms with E-state index in [1.54, 1.807) is 12.1 Å². The second-order valence-corrected chi connectivity index (χ2v) is 4.98. The Morgan fingerprint density at radius 2 is 1.89 bits per heavy atom. The van der Waals surface area contributed by atoms with Crippen LogP contribution in [-0.4, -0.2) is 35.0 Å². The van der Waals surface area contributed by atoms with E-state index in [9.17, 15) is 9.59 Å². The number of carbonyl (C=O) groups excluding carboxylic acids is 1. The molecule has 1 aromatic rings. The molecule has 4 heteroatoms. The van der Waals surface area contributed by atoms with Crippen LogP contribution in [0.2, 0.25) is 0 Å². The smallest absolute Gasteiger partial charge is 0.323 e. The molecule has 104 valence electrons. The molecule has 0 aliphatic heterocycles. The normalized spacial score (nSPS) is 10.5. The van der Waals surface area contributed by atoms with Crippen molar-refractivity contribution in [2.24, 2.45) is 5.92 Å². The highest BCUT2D eigenvalue weighted by Crippen LogP contribution is 2.13. The summed E-state index contributed by atoms with van der Waals surface area (Å²) in [6, 6.07) is 7.36. The average molecular weight is 263 g/mol. The molecule has 0 bridgehead atoms. The van der Waals surface area contributed by atoms with E-state index in [0.717, 1.165) is 12.0 Å². The maximum Gasteiger partial charge on any atom is 0.323 e. The Morgan fingerprint density at radius 1 is 1.26 bits per heavy atom. The molecule has 1 N–H and O–H groups in total. The molecule has 0 aliphatic carbocycles. The summed E-state index contributed by atoms with van der Waals surface area (Å²) in [6.45, 7) is 6.11. The monoisotopic (exact) mass is 263 g/mol. The minimum Gasteiger partial charge on any atom is -0.480 e. The molecule has 1 aromatic carbocycles. The van der Waals surface area contributed by atoms with Gasteiger partial charge in [0.15, 0.2) is 0 Å². The van der Waals surface area contributed by atoms with E-state index in [-0.39, 0.29) is 18.4 Å². The van der Waals surface area contributed by atoms with E-state index >= 15 is 0 Å². The van der Waals surface area contributed by atoms with E-state index in [0.29, 0.717) is 12.1 Å². The first-order chi connectivity index (χ1) is 8.95. The Hall–Kier alpha value is -1.84. The average Bonchev–Trinajstić information content (AvgIpc) is 2.36. The number of benzene rings is 1. The highest BCUT2D eigenvalue weighted by atomic mass is 16.4. The third-order valence-corrected chi connectivity index (χ3v) is 2.83. The minimum absolute atomic E-state index is 0.200. The highest BCUT2D eigenvalue weighted by molar-refractivity contribution is 5.97. The maximum atomic E-state index is 12.5. The Balaban J connectivity index is 3.00. The van der Waals surface area contributed by atoms with Crippen molar-refractivity contribution in [3.05, 3.63) is 35.4 Å². The second kappa shape index (κ2) is 6.92. The molecule has 0 radical (unpaired) electrons. The first kappa shape index (κ1) is 15.2. The lowest BCUT2D eigenvalue weighted by Gasteiger charge is -2.23. The van der Waals surface area contributed by atoms with Crippen LogP contribution in [0.15, 0.2) is 24.3 Å². The van der Waals surface area contributed by atoms with Crippen LogP contribution in [0.4, 0.5) is 0 Å². The van der Waals surface area contributed by atoms with Crippen molar-refractivity contribution in [3.63, 3.8) is 0 Å². The van der Waals surface area contributed by atoms with E-state index in [1.165, 1.54) is 4.90 Å². The predicted molar refractivity (Wildman–Crippen MR) is 74.2 cm³/mol. The number of rotatable bonds is 6. The van der Waals surface area contributed by atoms with Crippen LogP contribution in [0.25, 0.3) is 0 Å². The topological polar surface area (TPSA) is 57.6 Å². The molecule has 0 aromatic heterocycles. The summed E-state index contributed by atoms with van der Waals surface area (Å²) < 4.78 is 0. The van der Waals surface area contributed by atoms with Gasteiger partial charge in [-0.25, -0.2) is 0 Å². The Bertz CT molecular complexity index is 454. The molecule has 0 saturated carbocycles. The largest absolute Gasteiger partial charge is 0.480 e. The SMILES string of the molecule is CCc1ccccc1C(=O)N(CC(=O)O)CC(C)C. The van der Waals surface area contributed by atoms with Crippen molar-refractivity contribution < 1.29 is 14.7 Å². The Labute approximate surface area is 114 Å². The molecule has 0 unspecified atom stereocenters. The number of carbonyl (C=O) groups is 2. The van der Waals surface area contributed by atoms with Gasteiger partial charge < -0.3 is 10.0 Å².